The lowest BCUT2D eigenvalue weighted by Gasteiger charge is -2.33. The zero-order valence-electron chi connectivity index (χ0n) is 18.8. The quantitative estimate of drug-likeness (QED) is 0.494. The molecule has 2 rings (SSSR count). The first-order valence-corrected chi connectivity index (χ1v) is 10.7. The number of aromatic nitrogens is 1. The highest BCUT2D eigenvalue weighted by atomic mass is 16.6. The zero-order chi connectivity index (χ0) is 22.5. The van der Waals surface area contributed by atoms with Crippen LogP contribution in [-0.2, 0) is 23.0 Å². The second kappa shape index (κ2) is 10.1. The molecule has 1 fully saturated rings. The standard InChI is InChI=1S/C22H35N3O5/c1-15-9-6-7-11-25(15)12-8-10-23-19(26)14-17-16(20(27)28)13-18(24(17)5)21(29)30-22(2,3)4/h13,15H,6-12,14H2,1-5H3,(H,23,26)(H,27,28). The van der Waals surface area contributed by atoms with Crippen LogP contribution in [0.4, 0.5) is 0 Å². The Morgan fingerprint density at radius 3 is 2.57 bits per heavy atom. The van der Waals surface area contributed by atoms with Gasteiger partial charge in [0.2, 0.25) is 5.91 Å². The molecule has 30 heavy (non-hydrogen) atoms. The van der Waals surface area contributed by atoms with Crippen molar-refractivity contribution >= 4 is 17.8 Å². The molecule has 1 aliphatic heterocycles. The lowest BCUT2D eigenvalue weighted by molar-refractivity contribution is -0.120. The van der Waals surface area contributed by atoms with Crippen LogP contribution in [0.3, 0.4) is 0 Å². The zero-order valence-corrected chi connectivity index (χ0v) is 18.8. The normalized spacial score (nSPS) is 17.6. The van der Waals surface area contributed by atoms with E-state index in [9.17, 15) is 19.5 Å². The number of nitrogens with one attached hydrogen (secondary N) is 1. The summed E-state index contributed by atoms with van der Waals surface area (Å²) in [6, 6.07) is 1.86. The highest BCUT2D eigenvalue weighted by Gasteiger charge is 2.26. The number of amides is 1. The van der Waals surface area contributed by atoms with Crippen molar-refractivity contribution in [1.29, 1.82) is 0 Å². The molecule has 0 aliphatic carbocycles. The molecule has 1 atom stereocenters. The molecule has 1 unspecified atom stereocenters. The van der Waals surface area contributed by atoms with Crippen molar-refractivity contribution in [3.8, 4) is 0 Å². The summed E-state index contributed by atoms with van der Waals surface area (Å²) in [5.74, 6) is -2.06. The summed E-state index contributed by atoms with van der Waals surface area (Å²) in [5, 5.41) is 12.4. The van der Waals surface area contributed by atoms with E-state index < -0.39 is 17.5 Å². The number of ether oxygens (including phenoxy) is 1. The van der Waals surface area contributed by atoms with Gasteiger partial charge in [-0.05, 0) is 59.6 Å². The van der Waals surface area contributed by atoms with Gasteiger partial charge in [-0.1, -0.05) is 6.42 Å². The van der Waals surface area contributed by atoms with E-state index in [1.54, 1.807) is 27.8 Å². The third-order valence-electron chi connectivity index (χ3n) is 5.41. The first-order valence-electron chi connectivity index (χ1n) is 10.7. The number of piperidine rings is 1. The van der Waals surface area contributed by atoms with E-state index in [0.717, 1.165) is 19.5 Å². The number of rotatable bonds is 8. The van der Waals surface area contributed by atoms with Crippen LogP contribution in [0.2, 0.25) is 0 Å². The van der Waals surface area contributed by atoms with Gasteiger partial charge >= 0.3 is 11.9 Å². The van der Waals surface area contributed by atoms with Crippen molar-refractivity contribution < 1.29 is 24.2 Å². The number of aromatic carboxylic acids is 1. The van der Waals surface area contributed by atoms with Gasteiger partial charge in [-0.3, -0.25) is 4.79 Å². The second-order valence-corrected chi connectivity index (χ2v) is 9.02. The molecule has 2 N–H and O–H groups in total. The van der Waals surface area contributed by atoms with Crippen molar-refractivity contribution in [2.45, 2.75) is 71.4 Å². The van der Waals surface area contributed by atoms with Gasteiger partial charge in [0.1, 0.15) is 11.3 Å². The molecule has 1 aromatic heterocycles. The maximum Gasteiger partial charge on any atom is 0.355 e. The van der Waals surface area contributed by atoms with E-state index in [2.05, 4.69) is 17.1 Å². The van der Waals surface area contributed by atoms with Gasteiger partial charge in [0.05, 0.1) is 12.0 Å². The van der Waals surface area contributed by atoms with Gasteiger partial charge in [0.25, 0.3) is 0 Å². The summed E-state index contributed by atoms with van der Waals surface area (Å²) >= 11 is 0. The summed E-state index contributed by atoms with van der Waals surface area (Å²) in [7, 11) is 1.58. The third-order valence-corrected chi connectivity index (χ3v) is 5.41. The van der Waals surface area contributed by atoms with E-state index in [1.807, 2.05) is 0 Å². The molecule has 1 aliphatic rings. The number of hydrogen-bond acceptors (Lipinski definition) is 5. The Bertz CT molecular complexity index is 778. The monoisotopic (exact) mass is 421 g/mol. The summed E-state index contributed by atoms with van der Waals surface area (Å²) < 4.78 is 6.78. The topological polar surface area (TPSA) is 101 Å². The molecule has 1 amide bonds. The van der Waals surface area contributed by atoms with Crippen LogP contribution in [-0.4, -0.2) is 63.7 Å². The maximum absolute atomic E-state index is 12.4. The number of esters is 1. The molecule has 0 aromatic carbocycles. The molecule has 0 spiro atoms. The van der Waals surface area contributed by atoms with Crippen LogP contribution in [0, 0.1) is 0 Å². The van der Waals surface area contributed by atoms with E-state index in [1.165, 1.54) is 29.9 Å². The highest BCUT2D eigenvalue weighted by molar-refractivity contribution is 5.96. The summed E-state index contributed by atoms with van der Waals surface area (Å²) in [6.45, 7) is 10.0. The number of carbonyl (C=O) groups is 3. The summed E-state index contributed by atoms with van der Waals surface area (Å²) in [4.78, 5) is 38.9. The van der Waals surface area contributed by atoms with E-state index in [-0.39, 0.29) is 29.3 Å². The number of hydrogen-bond donors (Lipinski definition) is 2. The molecular formula is C22H35N3O5. The van der Waals surface area contributed by atoms with Crippen LogP contribution in [0.5, 0.6) is 0 Å². The Morgan fingerprint density at radius 2 is 1.97 bits per heavy atom. The van der Waals surface area contributed by atoms with Crippen LogP contribution in [0.25, 0.3) is 0 Å². The predicted octanol–water partition coefficient (Wildman–Crippen LogP) is 2.60. The Balaban J connectivity index is 1.96. The van der Waals surface area contributed by atoms with Crippen LogP contribution < -0.4 is 5.32 Å². The minimum absolute atomic E-state index is 0.0596. The predicted molar refractivity (Wildman–Crippen MR) is 114 cm³/mol. The number of carboxylic acids is 1. The van der Waals surface area contributed by atoms with E-state index >= 15 is 0 Å². The van der Waals surface area contributed by atoms with Gasteiger partial charge < -0.3 is 24.6 Å². The fourth-order valence-corrected chi connectivity index (χ4v) is 3.78. The Kier molecular flexibility index (Phi) is 8.06. The van der Waals surface area contributed by atoms with Crippen molar-refractivity contribution in [2.75, 3.05) is 19.6 Å². The van der Waals surface area contributed by atoms with Gasteiger partial charge in [0, 0.05) is 31.9 Å². The SMILES string of the molecule is CC1CCCCN1CCCNC(=O)Cc1c(C(=O)O)cc(C(=O)OC(C)(C)C)n1C. The molecule has 0 radical (unpaired) electrons. The molecule has 2 heterocycles. The Labute approximate surface area is 178 Å². The summed E-state index contributed by atoms with van der Waals surface area (Å²) in [5.41, 5.74) is -0.362. The van der Waals surface area contributed by atoms with Crippen molar-refractivity contribution in [3.05, 3.63) is 23.0 Å². The number of carboxylic acid groups (broad SMARTS) is 1. The smallest absolute Gasteiger partial charge is 0.355 e. The largest absolute Gasteiger partial charge is 0.478 e. The van der Waals surface area contributed by atoms with Crippen LogP contribution in [0.1, 0.15) is 79.9 Å². The molecule has 8 nitrogen and oxygen atoms in total. The molecule has 0 bridgehead atoms. The molecule has 0 saturated carbocycles. The van der Waals surface area contributed by atoms with Crippen molar-refractivity contribution in [1.82, 2.24) is 14.8 Å². The number of carbonyl (C=O) groups excluding carboxylic acids is 2. The molecule has 1 aromatic rings. The maximum atomic E-state index is 12.4. The van der Waals surface area contributed by atoms with Gasteiger partial charge in [0.15, 0.2) is 0 Å². The first-order chi connectivity index (χ1) is 14.0. The van der Waals surface area contributed by atoms with Gasteiger partial charge in [-0.15, -0.1) is 0 Å². The fourth-order valence-electron chi connectivity index (χ4n) is 3.78. The Morgan fingerprint density at radius 1 is 1.27 bits per heavy atom. The fraction of sp³-hybridized carbons (Fsp3) is 0.682. The van der Waals surface area contributed by atoms with E-state index in [0.29, 0.717) is 12.6 Å². The average Bonchev–Trinajstić information content (AvgIpc) is 2.95. The lowest BCUT2D eigenvalue weighted by atomic mass is 10.0. The lowest BCUT2D eigenvalue weighted by Crippen LogP contribution is -2.39. The minimum atomic E-state index is -1.18. The first kappa shape index (κ1) is 23.9. The summed E-state index contributed by atoms with van der Waals surface area (Å²) in [6.07, 6.45) is 4.46. The van der Waals surface area contributed by atoms with Crippen LogP contribution in [0.15, 0.2) is 6.07 Å². The number of nitrogens with zero attached hydrogens (tertiary/aromatic N) is 2. The molecule has 8 heteroatoms. The second-order valence-electron chi connectivity index (χ2n) is 9.02. The minimum Gasteiger partial charge on any atom is -0.478 e. The van der Waals surface area contributed by atoms with Gasteiger partial charge in [-0.2, -0.15) is 0 Å². The third kappa shape index (κ3) is 6.58. The van der Waals surface area contributed by atoms with Gasteiger partial charge in [-0.25, -0.2) is 9.59 Å². The molecule has 1 saturated heterocycles. The molecular weight excluding hydrogens is 386 g/mol. The van der Waals surface area contributed by atoms with Crippen LogP contribution >= 0.6 is 0 Å². The van der Waals surface area contributed by atoms with Crippen molar-refractivity contribution in [3.63, 3.8) is 0 Å². The van der Waals surface area contributed by atoms with E-state index in [4.69, 9.17) is 4.74 Å². The Hall–Kier alpha value is -2.35. The van der Waals surface area contributed by atoms with Crippen molar-refractivity contribution in [2.24, 2.45) is 7.05 Å². The highest BCUT2D eigenvalue weighted by Crippen LogP contribution is 2.20. The average molecular weight is 422 g/mol. The molecule has 168 valence electrons. The number of likely N-dealkylation sites (tertiary alicyclic amines) is 1.